The molecule has 0 saturated heterocycles. The molecule has 2 N–H and O–H groups in total. The summed E-state index contributed by atoms with van der Waals surface area (Å²) in [4.78, 5) is 0. The molecular weight excluding hydrogens is 128 g/mol. The van der Waals surface area contributed by atoms with E-state index in [0.717, 1.165) is 12.2 Å². The minimum absolute atomic E-state index is 0.587. The van der Waals surface area contributed by atoms with Crippen LogP contribution in [0.2, 0.25) is 0 Å². The summed E-state index contributed by atoms with van der Waals surface area (Å²) in [6.07, 6.45) is 2.80. The predicted octanol–water partition coefficient (Wildman–Crippen LogP) is 0.737. The van der Waals surface area contributed by atoms with Crippen LogP contribution in [0, 0.1) is 5.92 Å². The molecule has 1 aliphatic rings. The molecule has 0 spiro atoms. The zero-order valence-electron chi connectivity index (χ0n) is 5.66. The number of hydrogen-bond donors (Lipinski definition) is 1. The topological polar surface area (TPSA) is 52.0 Å². The summed E-state index contributed by atoms with van der Waals surface area (Å²) in [5, 5.41) is 3.85. The van der Waals surface area contributed by atoms with Crippen molar-refractivity contribution in [2.75, 3.05) is 6.54 Å². The van der Waals surface area contributed by atoms with Crippen LogP contribution in [0.5, 0.6) is 0 Å². The Morgan fingerprint density at radius 1 is 1.80 bits per heavy atom. The molecular formula is C7H10N2O. The zero-order valence-corrected chi connectivity index (χ0v) is 5.66. The van der Waals surface area contributed by atoms with E-state index >= 15 is 0 Å². The van der Waals surface area contributed by atoms with Gasteiger partial charge in [0.2, 0.25) is 0 Å². The van der Waals surface area contributed by atoms with E-state index in [0.29, 0.717) is 11.8 Å². The van der Waals surface area contributed by atoms with Crippen LogP contribution < -0.4 is 5.73 Å². The second-order valence-electron chi connectivity index (χ2n) is 2.76. The Hall–Kier alpha value is -0.830. The predicted molar refractivity (Wildman–Crippen MR) is 36.4 cm³/mol. The van der Waals surface area contributed by atoms with Crippen molar-refractivity contribution in [3.05, 3.63) is 18.0 Å². The molecule has 2 unspecified atom stereocenters. The maximum atomic E-state index is 5.47. The third-order valence-electron chi connectivity index (χ3n) is 2.06. The molecule has 3 nitrogen and oxygen atoms in total. The summed E-state index contributed by atoms with van der Waals surface area (Å²) >= 11 is 0. The molecule has 0 bridgehead atoms. The second-order valence-corrected chi connectivity index (χ2v) is 2.76. The van der Waals surface area contributed by atoms with Crippen molar-refractivity contribution >= 4 is 0 Å². The van der Waals surface area contributed by atoms with Crippen LogP contribution in [0.1, 0.15) is 18.0 Å². The average molecular weight is 138 g/mol. The summed E-state index contributed by atoms with van der Waals surface area (Å²) in [7, 11) is 0. The van der Waals surface area contributed by atoms with Gasteiger partial charge in [0.1, 0.15) is 6.26 Å². The van der Waals surface area contributed by atoms with Crippen LogP contribution in [0.4, 0.5) is 0 Å². The largest absolute Gasteiger partial charge is 0.365 e. The van der Waals surface area contributed by atoms with Gasteiger partial charge in [-0.15, -0.1) is 0 Å². The molecule has 1 fully saturated rings. The highest BCUT2D eigenvalue weighted by Crippen LogP contribution is 2.45. The van der Waals surface area contributed by atoms with Crippen molar-refractivity contribution in [3.8, 4) is 0 Å². The monoisotopic (exact) mass is 138 g/mol. The van der Waals surface area contributed by atoms with Crippen molar-refractivity contribution in [1.29, 1.82) is 0 Å². The molecule has 1 saturated carbocycles. The Kier molecular flexibility index (Phi) is 1.24. The molecule has 1 aromatic rings. The van der Waals surface area contributed by atoms with E-state index in [2.05, 4.69) is 5.16 Å². The fourth-order valence-electron chi connectivity index (χ4n) is 1.28. The molecule has 54 valence electrons. The molecule has 0 aliphatic heterocycles. The van der Waals surface area contributed by atoms with Crippen molar-refractivity contribution in [3.63, 3.8) is 0 Å². The summed E-state index contributed by atoms with van der Waals surface area (Å²) < 4.78 is 4.72. The zero-order chi connectivity index (χ0) is 6.97. The van der Waals surface area contributed by atoms with E-state index in [9.17, 15) is 0 Å². The first-order chi connectivity index (χ1) is 4.92. The molecule has 3 heteroatoms. The fraction of sp³-hybridized carbons (Fsp3) is 0.571. The molecule has 10 heavy (non-hydrogen) atoms. The SMILES string of the molecule is NCC1CC1c1ccon1. The van der Waals surface area contributed by atoms with Crippen molar-refractivity contribution in [2.24, 2.45) is 11.7 Å². The molecule has 2 rings (SSSR count). The van der Waals surface area contributed by atoms with Crippen molar-refractivity contribution in [2.45, 2.75) is 12.3 Å². The van der Waals surface area contributed by atoms with E-state index in [-0.39, 0.29) is 0 Å². The highest BCUT2D eigenvalue weighted by Gasteiger charge is 2.38. The molecule has 1 aliphatic carbocycles. The Morgan fingerprint density at radius 2 is 2.70 bits per heavy atom. The summed E-state index contributed by atoms with van der Waals surface area (Å²) in [6, 6.07) is 1.92. The van der Waals surface area contributed by atoms with Gasteiger partial charge in [0.05, 0.1) is 5.69 Å². The van der Waals surface area contributed by atoms with E-state index in [4.69, 9.17) is 10.3 Å². The lowest BCUT2D eigenvalue weighted by Crippen LogP contribution is -2.01. The van der Waals surface area contributed by atoms with E-state index in [1.165, 1.54) is 6.42 Å². The number of nitrogens with zero attached hydrogens (tertiary/aromatic N) is 1. The van der Waals surface area contributed by atoms with Crippen LogP contribution in [0.25, 0.3) is 0 Å². The first-order valence-electron chi connectivity index (χ1n) is 3.52. The molecule has 2 atom stereocenters. The van der Waals surface area contributed by atoms with Crippen LogP contribution >= 0.6 is 0 Å². The van der Waals surface area contributed by atoms with Crippen LogP contribution in [-0.2, 0) is 0 Å². The summed E-state index contributed by atoms with van der Waals surface area (Å²) in [5.74, 6) is 1.24. The normalized spacial score (nSPS) is 30.5. The number of hydrogen-bond acceptors (Lipinski definition) is 3. The van der Waals surface area contributed by atoms with Gasteiger partial charge in [-0.1, -0.05) is 5.16 Å². The molecule has 0 radical (unpaired) electrons. The van der Waals surface area contributed by atoms with Crippen LogP contribution in [0.3, 0.4) is 0 Å². The lowest BCUT2D eigenvalue weighted by Gasteiger charge is -1.87. The van der Waals surface area contributed by atoms with E-state index < -0.39 is 0 Å². The lowest BCUT2D eigenvalue weighted by atomic mass is 10.2. The Labute approximate surface area is 59.2 Å². The molecule has 1 aromatic heterocycles. The van der Waals surface area contributed by atoms with Gasteiger partial charge in [-0.3, -0.25) is 0 Å². The van der Waals surface area contributed by atoms with Gasteiger partial charge < -0.3 is 10.3 Å². The average Bonchev–Trinajstić information content (AvgIpc) is 2.56. The fourth-order valence-corrected chi connectivity index (χ4v) is 1.28. The lowest BCUT2D eigenvalue weighted by molar-refractivity contribution is 0.411. The van der Waals surface area contributed by atoms with Crippen LogP contribution in [0.15, 0.2) is 16.9 Å². The third kappa shape index (κ3) is 0.827. The molecule has 0 aromatic carbocycles. The first kappa shape index (κ1) is 5.92. The molecule has 1 heterocycles. The van der Waals surface area contributed by atoms with Gasteiger partial charge >= 0.3 is 0 Å². The Balaban J connectivity index is 2.05. The van der Waals surface area contributed by atoms with E-state index in [1.54, 1.807) is 6.26 Å². The van der Waals surface area contributed by atoms with Gasteiger partial charge in [0, 0.05) is 12.0 Å². The van der Waals surface area contributed by atoms with Crippen LogP contribution in [-0.4, -0.2) is 11.7 Å². The number of aromatic nitrogens is 1. The highest BCUT2D eigenvalue weighted by molar-refractivity contribution is 5.14. The Morgan fingerprint density at radius 3 is 3.20 bits per heavy atom. The summed E-state index contributed by atoms with van der Waals surface area (Å²) in [5.41, 5.74) is 6.54. The quantitative estimate of drug-likeness (QED) is 0.655. The second kappa shape index (κ2) is 2.09. The molecule has 0 amide bonds. The Bertz CT molecular complexity index is 207. The standard InChI is InChI=1S/C7H10N2O/c8-4-5-3-6(5)7-1-2-10-9-7/h1-2,5-6H,3-4,8H2. The number of rotatable bonds is 2. The smallest absolute Gasteiger partial charge is 0.124 e. The highest BCUT2D eigenvalue weighted by atomic mass is 16.5. The minimum Gasteiger partial charge on any atom is -0.365 e. The van der Waals surface area contributed by atoms with Crippen molar-refractivity contribution < 1.29 is 4.52 Å². The number of nitrogens with two attached hydrogens (primary N) is 1. The van der Waals surface area contributed by atoms with E-state index in [1.807, 2.05) is 6.07 Å². The maximum Gasteiger partial charge on any atom is 0.124 e. The van der Waals surface area contributed by atoms with Gasteiger partial charge in [0.25, 0.3) is 0 Å². The minimum atomic E-state index is 0.587. The maximum absolute atomic E-state index is 5.47. The van der Waals surface area contributed by atoms with Gasteiger partial charge in [-0.2, -0.15) is 0 Å². The van der Waals surface area contributed by atoms with Gasteiger partial charge in [0.15, 0.2) is 0 Å². The first-order valence-corrected chi connectivity index (χ1v) is 3.52. The third-order valence-corrected chi connectivity index (χ3v) is 2.06. The van der Waals surface area contributed by atoms with Gasteiger partial charge in [-0.25, -0.2) is 0 Å². The summed E-state index contributed by atoms with van der Waals surface area (Å²) in [6.45, 7) is 0.775. The van der Waals surface area contributed by atoms with Crippen molar-refractivity contribution in [1.82, 2.24) is 5.16 Å². The van der Waals surface area contributed by atoms with Gasteiger partial charge in [-0.05, 0) is 18.9 Å².